The van der Waals surface area contributed by atoms with Gasteiger partial charge in [0.1, 0.15) is 12.4 Å². The number of hydrogen-bond acceptors (Lipinski definition) is 3. The Bertz CT molecular complexity index is 609. The van der Waals surface area contributed by atoms with Gasteiger partial charge in [-0.2, -0.15) is 0 Å². The lowest BCUT2D eigenvalue weighted by molar-refractivity contribution is 0.230. The number of amides is 2. The molecule has 5 heteroatoms. The van der Waals surface area contributed by atoms with Gasteiger partial charge in [-0.15, -0.1) is 0 Å². The Hall–Kier alpha value is -2.56. The van der Waals surface area contributed by atoms with Crippen LogP contribution in [-0.4, -0.2) is 30.0 Å². The standard InChI is InChI=1S/C16H19N3O2/c1-12-5-4-6-14(17-12)11-21-15-9-7-13(8-10-15)18-16(20)19(2)3/h4-10H,11H2,1-3H3,(H,18,20). The zero-order valence-electron chi connectivity index (χ0n) is 12.5. The summed E-state index contributed by atoms with van der Waals surface area (Å²) >= 11 is 0. The average molecular weight is 285 g/mol. The number of carbonyl (C=O) groups is 1. The van der Waals surface area contributed by atoms with E-state index in [1.54, 1.807) is 26.2 Å². The van der Waals surface area contributed by atoms with E-state index in [1.165, 1.54) is 4.90 Å². The first-order valence-corrected chi connectivity index (χ1v) is 6.68. The van der Waals surface area contributed by atoms with Crippen molar-refractivity contribution in [2.75, 3.05) is 19.4 Å². The third-order valence-corrected chi connectivity index (χ3v) is 2.84. The first-order chi connectivity index (χ1) is 10.0. The minimum Gasteiger partial charge on any atom is -0.487 e. The maximum absolute atomic E-state index is 11.5. The fraction of sp³-hybridized carbons (Fsp3) is 0.250. The van der Waals surface area contributed by atoms with Crippen LogP contribution in [0.3, 0.4) is 0 Å². The van der Waals surface area contributed by atoms with Crippen molar-refractivity contribution in [2.24, 2.45) is 0 Å². The zero-order valence-corrected chi connectivity index (χ0v) is 12.5. The monoisotopic (exact) mass is 285 g/mol. The molecule has 0 saturated carbocycles. The van der Waals surface area contributed by atoms with Crippen molar-refractivity contribution in [1.29, 1.82) is 0 Å². The lowest BCUT2D eigenvalue weighted by Gasteiger charge is -2.12. The fourth-order valence-electron chi connectivity index (χ4n) is 1.71. The second-order valence-corrected chi connectivity index (χ2v) is 4.91. The molecule has 1 aromatic carbocycles. The van der Waals surface area contributed by atoms with Gasteiger partial charge in [0.25, 0.3) is 0 Å². The van der Waals surface area contributed by atoms with Crippen LogP contribution in [0.5, 0.6) is 5.75 Å². The topological polar surface area (TPSA) is 54.5 Å². The van der Waals surface area contributed by atoms with Crippen molar-refractivity contribution in [1.82, 2.24) is 9.88 Å². The number of benzene rings is 1. The second kappa shape index (κ2) is 6.74. The van der Waals surface area contributed by atoms with Crippen molar-refractivity contribution in [3.05, 3.63) is 53.9 Å². The summed E-state index contributed by atoms with van der Waals surface area (Å²) in [5, 5.41) is 2.77. The molecule has 2 amide bonds. The molecule has 0 aliphatic carbocycles. The Labute approximate surface area is 124 Å². The van der Waals surface area contributed by atoms with Crippen molar-refractivity contribution in [3.8, 4) is 5.75 Å². The summed E-state index contributed by atoms with van der Waals surface area (Å²) in [7, 11) is 3.39. The minimum atomic E-state index is -0.160. The Morgan fingerprint density at radius 3 is 2.52 bits per heavy atom. The summed E-state index contributed by atoms with van der Waals surface area (Å²) in [6.45, 7) is 2.37. The molecule has 0 spiro atoms. The lowest BCUT2D eigenvalue weighted by atomic mass is 10.3. The highest BCUT2D eigenvalue weighted by molar-refractivity contribution is 5.88. The van der Waals surface area contributed by atoms with Crippen LogP contribution in [0.4, 0.5) is 10.5 Å². The van der Waals surface area contributed by atoms with Crippen LogP contribution in [-0.2, 0) is 6.61 Å². The van der Waals surface area contributed by atoms with Gasteiger partial charge < -0.3 is 15.0 Å². The van der Waals surface area contributed by atoms with Crippen LogP contribution in [0, 0.1) is 6.92 Å². The molecule has 0 aliphatic heterocycles. The van der Waals surface area contributed by atoms with Crippen LogP contribution < -0.4 is 10.1 Å². The molecule has 1 aromatic heterocycles. The maximum atomic E-state index is 11.5. The lowest BCUT2D eigenvalue weighted by Crippen LogP contribution is -2.27. The molecule has 2 aromatic rings. The number of ether oxygens (including phenoxy) is 1. The minimum absolute atomic E-state index is 0.160. The molecule has 0 fully saturated rings. The molecule has 5 nitrogen and oxygen atoms in total. The van der Waals surface area contributed by atoms with Crippen LogP contribution >= 0.6 is 0 Å². The van der Waals surface area contributed by atoms with Crippen molar-refractivity contribution in [2.45, 2.75) is 13.5 Å². The van der Waals surface area contributed by atoms with E-state index >= 15 is 0 Å². The Balaban J connectivity index is 1.92. The number of nitrogens with zero attached hydrogens (tertiary/aromatic N) is 2. The molecule has 0 atom stereocenters. The summed E-state index contributed by atoms with van der Waals surface area (Å²) in [6, 6.07) is 12.9. The number of nitrogens with one attached hydrogen (secondary N) is 1. The molecule has 0 radical (unpaired) electrons. The van der Waals surface area contributed by atoms with Crippen LogP contribution in [0.25, 0.3) is 0 Å². The van der Waals surface area contributed by atoms with Crippen LogP contribution in [0.2, 0.25) is 0 Å². The van der Waals surface area contributed by atoms with E-state index in [4.69, 9.17) is 4.74 Å². The summed E-state index contributed by atoms with van der Waals surface area (Å²) in [5.74, 6) is 0.737. The molecular formula is C16H19N3O2. The number of carbonyl (C=O) groups excluding carboxylic acids is 1. The van der Waals surface area contributed by atoms with E-state index in [1.807, 2.05) is 37.3 Å². The van der Waals surface area contributed by atoms with Gasteiger partial charge in [-0.1, -0.05) is 6.07 Å². The predicted molar refractivity (Wildman–Crippen MR) is 82.5 cm³/mol. The normalized spacial score (nSPS) is 10.0. The second-order valence-electron chi connectivity index (χ2n) is 4.91. The highest BCUT2D eigenvalue weighted by Crippen LogP contribution is 2.17. The third kappa shape index (κ3) is 4.49. The van der Waals surface area contributed by atoms with Crippen LogP contribution in [0.1, 0.15) is 11.4 Å². The van der Waals surface area contributed by atoms with E-state index in [0.717, 1.165) is 22.8 Å². The third-order valence-electron chi connectivity index (χ3n) is 2.84. The summed E-state index contributed by atoms with van der Waals surface area (Å²) in [4.78, 5) is 17.4. The van der Waals surface area contributed by atoms with E-state index in [0.29, 0.717) is 6.61 Å². The summed E-state index contributed by atoms with van der Waals surface area (Å²) < 4.78 is 5.67. The van der Waals surface area contributed by atoms with Crippen molar-refractivity contribution >= 4 is 11.7 Å². The molecule has 2 rings (SSSR count). The SMILES string of the molecule is Cc1cccc(COc2ccc(NC(=O)N(C)C)cc2)n1. The highest BCUT2D eigenvalue weighted by atomic mass is 16.5. The van der Waals surface area contributed by atoms with Gasteiger partial charge in [0, 0.05) is 25.5 Å². The predicted octanol–water partition coefficient (Wildman–Crippen LogP) is 3.06. The van der Waals surface area contributed by atoms with Gasteiger partial charge in [-0.3, -0.25) is 4.98 Å². The van der Waals surface area contributed by atoms with E-state index in [-0.39, 0.29) is 6.03 Å². The Morgan fingerprint density at radius 2 is 1.90 bits per heavy atom. The van der Waals surface area contributed by atoms with Gasteiger partial charge in [-0.25, -0.2) is 4.79 Å². The fourth-order valence-corrected chi connectivity index (χ4v) is 1.71. The largest absolute Gasteiger partial charge is 0.487 e. The molecule has 0 unspecified atom stereocenters. The van der Waals surface area contributed by atoms with E-state index in [9.17, 15) is 4.79 Å². The molecule has 0 bridgehead atoms. The van der Waals surface area contributed by atoms with Gasteiger partial charge in [0.15, 0.2) is 0 Å². The maximum Gasteiger partial charge on any atom is 0.321 e. The summed E-state index contributed by atoms with van der Waals surface area (Å²) in [6.07, 6.45) is 0. The average Bonchev–Trinajstić information content (AvgIpc) is 2.46. The summed E-state index contributed by atoms with van der Waals surface area (Å²) in [5.41, 5.74) is 2.59. The van der Waals surface area contributed by atoms with Gasteiger partial charge in [-0.05, 0) is 43.3 Å². The quantitative estimate of drug-likeness (QED) is 0.939. The first-order valence-electron chi connectivity index (χ1n) is 6.68. The number of hydrogen-bond donors (Lipinski definition) is 1. The molecule has 21 heavy (non-hydrogen) atoms. The zero-order chi connectivity index (χ0) is 15.2. The Morgan fingerprint density at radius 1 is 1.19 bits per heavy atom. The molecule has 0 aliphatic rings. The first kappa shape index (κ1) is 14.8. The highest BCUT2D eigenvalue weighted by Gasteiger charge is 2.04. The number of aromatic nitrogens is 1. The number of anilines is 1. The molecule has 1 N–H and O–H groups in total. The number of urea groups is 1. The van der Waals surface area contributed by atoms with Crippen LogP contribution in [0.15, 0.2) is 42.5 Å². The van der Waals surface area contributed by atoms with Gasteiger partial charge >= 0.3 is 6.03 Å². The van der Waals surface area contributed by atoms with E-state index < -0.39 is 0 Å². The van der Waals surface area contributed by atoms with Gasteiger partial charge in [0.05, 0.1) is 5.69 Å². The molecule has 0 saturated heterocycles. The smallest absolute Gasteiger partial charge is 0.321 e. The van der Waals surface area contributed by atoms with Crippen molar-refractivity contribution in [3.63, 3.8) is 0 Å². The molecular weight excluding hydrogens is 266 g/mol. The number of aryl methyl sites for hydroxylation is 1. The Kier molecular flexibility index (Phi) is 4.77. The van der Waals surface area contributed by atoms with E-state index in [2.05, 4.69) is 10.3 Å². The number of rotatable bonds is 4. The van der Waals surface area contributed by atoms with Gasteiger partial charge in [0.2, 0.25) is 0 Å². The number of pyridine rings is 1. The molecule has 110 valence electrons. The molecule has 1 heterocycles. The van der Waals surface area contributed by atoms with Crippen molar-refractivity contribution < 1.29 is 9.53 Å².